The maximum Gasteiger partial charge on any atom is 0.224 e. The van der Waals surface area contributed by atoms with Crippen LogP contribution in [0.25, 0.3) is 44.7 Å². The summed E-state index contributed by atoms with van der Waals surface area (Å²) < 4.78 is 0. The van der Waals surface area contributed by atoms with E-state index in [1.165, 1.54) is 19.3 Å². The minimum atomic E-state index is -0.0966. The number of carbonyl (C=O) groups is 1. The number of carbonyl (C=O) groups excluding carboxylic acids is 1. The maximum absolute atomic E-state index is 12.4. The van der Waals surface area contributed by atoms with Crippen LogP contribution in [-0.2, 0) is 4.79 Å². The first-order valence-electron chi connectivity index (χ1n) is 13.0. The third-order valence-electron chi connectivity index (χ3n) is 6.75. The van der Waals surface area contributed by atoms with Gasteiger partial charge in [-0.05, 0) is 36.8 Å². The number of H-pyrrole nitrogens is 2. The molecule has 0 atom stereocenters. The Morgan fingerprint density at radius 3 is 2.63 bits per heavy atom. The highest BCUT2D eigenvalue weighted by Crippen LogP contribution is 2.32. The fourth-order valence-corrected chi connectivity index (χ4v) is 4.99. The second-order valence-corrected chi connectivity index (χ2v) is 11.1. The summed E-state index contributed by atoms with van der Waals surface area (Å²) in [6, 6.07) is 3.86. The Balaban J connectivity index is 1.33. The van der Waals surface area contributed by atoms with Crippen molar-refractivity contribution >= 4 is 39.2 Å². The average Bonchev–Trinajstić information content (AvgIpc) is 3.51. The SMILES string of the molecule is CC(C)(C)CC(=O)Nc1cncc(-c2cc3c(-c4nc5c(N6CCCCC6)cncc5[nH]4)n[nH]c3cn2)c1. The summed E-state index contributed by atoms with van der Waals surface area (Å²) in [6.45, 7) is 8.15. The molecular weight excluding hydrogens is 478 g/mol. The molecule has 1 amide bonds. The highest BCUT2D eigenvalue weighted by Gasteiger charge is 2.20. The summed E-state index contributed by atoms with van der Waals surface area (Å²) in [5, 5.41) is 11.5. The summed E-state index contributed by atoms with van der Waals surface area (Å²) in [5.41, 5.74) is 6.44. The Kier molecular flexibility index (Phi) is 6.01. The average molecular weight is 510 g/mol. The van der Waals surface area contributed by atoms with Crippen LogP contribution in [0.5, 0.6) is 0 Å². The lowest BCUT2D eigenvalue weighted by atomic mass is 9.92. The van der Waals surface area contributed by atoms with E-state index in [-0.39, 0.29) is 11.3 Å². The second kappa shape index (κ2) is 9.51. The van der Waals surface area contributed by atoms with Crippen molar-refractivity contribution in [2.45, 2.75) is 46.5 Å². The minimum absolute atomic E-state index is 0.0414. The van der Waals surface area contributed by atoms with Gasteiger partial charge in [0.25, 0.3) is 0 Å². The Morgan fingerprint density at radius 2 is 1.82 bits per heavy atom. The number of aromatic nitrogens is 7. The number of nitrogens with one attached hydrogen (secondary N) is 3. The molecule has 6 heterocycles. The topological polar surface area (TPSA) is 128 Å². The molecule has 1 aliphatic heterocycles. The highest BCUT2D eigenvalue weighted by atomic mass is 16.1. The number of hydrogen-bond acceptors (Lipinski definition) is 7. The van der Waals surface area contributed by atoms with Crippen LogP contribution in [0.1, 0.15) is 46.5 Å². The van der Waals surface area contributed by atoms with Crippen molar-refractivity contribution in [1.29, 1.82) is 0 Å². The van der Waals surface area contributed by atoms with Gasteiger partial charge in [-0.3, -0.25) is 24.8 Å². The van der Waals surface area contributed by atoms with E-state index in [0.29, 0.717) is 23.6 Å². The third-order valence-corrected chi connectivity index (χ3v) is 6.75. The predicted molar refractivity (Wildman–Crippen MR) is 149 cm³/mol. The van der Waals surface area contributed by atoms with Gasteiger partial charge >= 0.3 is 0 Å². The third kappa shape index (κ3) is 4.81. The number of nitrogens with zero attached hydrogens (tertiary/aromatic N) is 6. The van der Waals surface area contributed by atoms with Crippen LogP contribution in [0.4, 0.5) is 11.4 Å². The molecule has 5 aromatic heterocycles. The number of imidazole rings is 1. The van der Waals surface area contributed by atoms with Gasteiger partial charge in [0.05, 0.1) is 52.9 Å². The van der Waals surface area contributed by atoms with Crippen LogP contribution in [0.15, 0.2) is 43.1 Å². The smallest absolute Gasteiger partial charge is 0.224 e. The van der Waals surface area contributed by atoms with Gasteiger partial charge in [-0.25, -0.2) is 4.98 Å². The van der Waals surface area contributed by atoms with E-state index in [1.54, 1.807) is 18.6 Å². The van der Waals surface area contributed by atoms with Gasteiger partial charge in [0.2, 0.25) is 5.91 Å². The highest BCUT2D eigenvalue weighted by molar-refractivity contribution is 5.97. The molecule has 10 nitrogen and oxygen atoms in total. The molecule has 3 N–H and O–H groups in total. The van der Waals surface area contributed by atoms with Gasteiger partial charge in [-0.15, -0.1) is 0 Å². The Morgan fingerprint density at radius 1 is 1.00 bits per heavy atom. The molecule has 0 spiro atoms. The van der Waals surface area contributed by atoms with Crippen molar-refractivity contribution in [3.05, 3.63) is 43.1 Å². The standard InChI is InChI=1S/C28H31N9O/c1-28(2,3)11-24(38)32-18-9-17(12-29-13-18)20-10-19-21(15-31-20)35-36-25(19)27-33-22-14-30-16-23(26(22)34-27)37-7-5-4-6-8-37/h9-10,12-16H,4-8,11H2,1-3H3,(H,32,38)(H,33,34)(H,35,36). The summed E-state index contributed by atoms with van der Waals surface area (Å²) in [4.78, 5) is 36.6. The van der Waals surface area contributed by atoms with E-state index in [1.807, 2.05) is 45.3 Å². The van der Waals surface area contributed by atoms with Gasteiger partial charge in [-0.1, -0.05) is 20.8 Å². The number of piperidine rings is 1. The van der Waals surface area contributed by atoms with E-state index in [0.717, 1.165) is 52.0 Å². The molecule has 0 unspecified atom stereocenters. The monoisotopic (exact) mass is 509 g/mol. The van der Waals surface area contributed by atoms with Gasteiger partial charge in [0.15, 0.2) is 5.82 Å². The largest absolute Gasteiger partial charge is 0.368 e. The summed E-state index contributed by atoms with van der Waals surface area (Å²) in [6.07, 6.45) is 12.9. The van der Waals surface area contributed by atoms with Gasteiger partial charge in [0.1, 0.15) is 11.2 Å². The summed E-state index contributed by atoms with van der Waals surface area (Å²) >= 11 is 0. The van der Waals surface area contributed by atoms with Crippen molar-refractivity contribution in [2.24, 2.45) is 5.41 Å². The molecule has 194 valence electrons. The van der Waals surface area contributed by atoms with Crippen LogP contribution >= 0.6 is 0 Å². The van der Waals surface area contributed by atoms with Crippen LogP contribution in [0.3, 0.4) is 0 Å². The normalized spacial score (nSPS) is 14.3. The first-order chi connectivity index (χ1) is 18.3. The van der Waals surface area contributed by atoms with Crippen molar-refractivity contribution in [1.82, 2.24) is 35.1 Å². The minimum Gasteiger partial charge on any atom is -0.368 e. The van der Waals surface area contributed by atoms with Crippen molar-refractivity contribution < 1.29 is 4.79 Å². The molecule has 0 saturated carbocycles. The van der Waals surface area contributed by atoms with E-state index >= 15 is 0 Å². The summed E-state index contributed by atoms with van der Waals surface area (Å²) in [5.74, 6) is 0.635. The quantitative estimate of drug-likeness (QED) is 0.292. The fourth-order valence-electron chi connectivity index (χ4n) is 4.99. The predicted octanol–water partition coefficient (Wildman–Crippen LogP) is 5.32. The second-order valence-electron chi connectivity index (χ2n) is 11.1. The van der Waals surface area contributed by atoms with Crippen molar-refractivity contribution in [3.8, 4) is 22.8 Å². The van der Waals surface area contributed by atoms with Crippen molar-refractivity contribution in [2.75, 3.05) is 23.3 Å². The molecular formula is C28H31N9O. The van der Waals surface area contributed by atoms with Crippen LogP contribution < -0.4 is 10.2 Å². The molecule has 0 aromatic carbocycles. The van der Waals surface area contributed by atoms with Crippen LogP contribution in [0.2, 0.25) is 0 Å². The molecule has 5 aromatic rings. The molecule has 10 heteroatoms. The van der Waals surface area contributed by atoms with E-state index in [9.17, 15) is 4.79 Å². The van der Waals surface area contributed by atoms with Gasteiger partial charge in [-0.2, -0.15) is 5.10 Å². The van der Waals surface area contributed by atoms with Crippen LogP contribution in [0, 0.1) is 5.41 Å². The molecule has 1 fully saturated rings. The Labute approximate surface area is 220 Å². The first kappa shape index (κ1) is 24.0. The van der Waals surface area contributed by atoms with E-state index in [2.05, 4.69) is 40.3 Å². The number of fused-ring (bicyclic) bond motifs is 2. The molecule has 1 saturated heterocycles. The number of aromatic amines is 2. The molecule has 1 aliphatic rings. The number of rotatable bonds is 5. The molecule has 0 aliphatic carbocycles. The zero-order valence-electron chi connectivity index (χ0n) is 21.9. The van der Waals surface area contributed by atoms with Gasteiger partial charge < -0.3 is 15.2 Å². The Bertz CT molecular complexity index is 1620. The maximum atomic E-state index is 12.4. The first-order valence-corrected chi connectivity index (χ1v) is 13.0. The Hall–Kier alpha value is -4.34. The molecule has 0 radical (unpaired) electrons. The molecule has 6 rings (SSSR count). The fraction of sp³-hybridized carbons (Fsp3) is 0.357. The van der Waals surface area contributed by atoms with Crippen molar-refractivity contribution in [3.63, 3.8) is 0 Å². The van der Waals surface area contributed by atoms with Crippen LogP contribution in [-0.4, -0.2) is 54.1 Å². The van der Waals surface area contributed by atoms with Gasteiger partial charge in [0, 0.05) is 36.7 Å². The zero-order chi connectivity index (χ0) is 26.3. The number of anilines is 2. The lowest BCUT2D eigenvalue weighted by molar-refractivity contribution is -0.117. The summed E-state index contributed by atoms with van der Waals surface area (Å²) in [7, 11) is 0. The number of pyridine rings is 3. The molecule has 38 heavy (non-hydrogen) atoms. The number of hydrogen-bond donors (Lipinski definition) is 3. The molecule has 0 bridgehead atoms. The lowest BCUT2D eigenvalue weighted by Gasteiger charge is -2.28. The van der Waals surface area contributed by atoms with E-state index < -0.39 is 0 Å². The zero-order valence-corrected chi connectivity index (χ0v) is 21.9. The number of amides is 1. The lowest BCUT2D eigenvalue weighted by Crippen LogP contribution is -2.29. The van der Waals surface area contributed by atoms with E-state index in [4.69, 9.17) is 4.98 Å².